The Morgan fingerprint density at radius 3 is 0.853 bits per heavy atom. The molecule has 4 aromatic rings. The SMILES string of the molecule is CCO[Si](CC[Si](OCC)(c1ccccc1)c1ccccc1)(c1ccccc1)c1ccccc1. The van der Waals surface area contributed by atoms with E-state index in [-0.39, 0.29) is 0 Å². The molecule has 0 N–H and O–H groups in total. The molecule has 0 aromatic heterocycles. The fourth-order valence-electron chi connectivity index (χ4n) is 5.06. The molecule has 4 rings (SSSR count). The molecule has 0 aliphatic carbocycles. The topological polar surface area (TPSA) is 18.5 Å². The summed E-state index contributed by atoms with van der Waals surface area (Å²) < 4.78 is 13.7. The predicted molar refractivity (Wildman–Crippen MR) is 149 cm³/mol. The molecule has 0 saturated heterocycles. The molecule has 2 nitrogen and oxygen atoms in total. The Morgan fingerprint density at radius 1 is 0.412 bits per heavy atom. The molecule has 0 unspecified atom stereocenters. The molecule has 174 valence electrons. The van der Waals surface area contributed by atoms with Gasteiger partial charge in [0, 0.05) is 13.2 Å². The fraction of sp³-hybridized carbons (Fsp3) is 0.200. The first-order chi connectivity index (χ1) is 16.7. The van der Waals surface area contributed by atoms with E-state index in [0.717, 1.165) is 12.1 Å². The minimum atomic E-state index is -2.50. The van der Waals surface area contributed by atoms with Gasteiger partial charge in [0.1, 0.15) is 0 Å². The minimum absolute atomic E-state index is 0.690. The molecular weight excluding hydrogens is 449 g/mol. The lowest BCUT2D eigenvalue weighted by molar-refractivity contribution is 0.330. The van der Waals surface area contributed by atoms with Crippen molar-refractivity contribution in [2.24, 2.45) is 0 Å². The average Bonchev–Trinajstić information content (AvgIpc) is 2.92. The summed E-state index contributed by atoms with van der Waals surface area (Å²) in [5, 5.41) is 5.29. The van der Waals surface area contributed by atoms with E-state index in [0.29, 0.717) is 13.2 Å². The van der Waals surface area contributed by atoms with Crippen LogP contribution in [-0.4, -0.2) is 29.8 Å². The van der Waals surface area contributed by atoms with Crippen molar-refractivity contribution in [3.63, 3.8) is 0 Å². The van der Waals surface area contributed by atoms with Crippen molar-refractivity contribution >= 4 is 37.4 Å². The van der Waals surface area contributed by atoms with Crippen LogP contribution in [0.25, 0.3) is 0 Å². The number of hydrogen-bond acceptors (Lipinski definition) is 2. The van der Waals surface area contributed by atoms with Crippen LogP contribution in [0.3, 0.4) is 0 Å². The highest BCUT2D eigenvalue weighted by Gasteiger charge is 2.46. The Bertz CT molecular complexity index is 948. The Hall–Kier alpha value is -2.77. The van der Waals surface area contributed by atoms with E-state index < -0.39 is 16.6 Å². The van der Waals surface area contributed by atoms with Gasteiger partial charge >= 0.3 is 0 Å². The number of rotatable bonds is 11. The Morgan fingerprint density at radius 2 is 0.647 bits per heavy atom. The lowest BCUT2D eigenvalue weighted by Gasteiger charge is -2.37. The second-order valence-electron chi connectivity index (χ2n) is 8.48. The van der Waals surface area contributed by atoms with E-state index in [4.69, 9.17) is 8.85 Å². The fourth-order valence-corrected chi connectivity index (χ4v) is 14.6. The van der Waals surface area contributed by atoms with Gasteiger partial charge in [0.15, 0.2) is 0 Å². The summed E-state index contributed by atoms with van der Waals surface area (Å²) in [6.45, 7) is 5.62. The van der Waals surface area contributed by atoms with Gasteiger partial charge in [0.2, 0.25) is 0 Å². The molecule has 4 heteroatoms. The normalized spacial score (nSPS) is 11.9. The minimum Gasteiger partial charge on any atom is -0.408 e. The largest absolute Gasteiger partial charge is 0.408 e. The van der Waals surface area contributed by atoms with Crippen molar-refractivity contribution in [3.05, 3.63) is 121 Å². The Balaban J connectivity index is 1.86. The number of benzene rings is 4. The molecule has 0 fully saturated rings. The second-order valence-corrected chi connectivity index (χ2v) is 15.7. The van der Waals surface area contributed by atoms with Crippen molar-refractivity contribution in [3.8, 4) is 0 Å². The van der Waals surface area contributed by atoms with Crippen LogP contribution in [-0.2, 0) is 8.85 Å². The standard InChI is InChI=1S/C30H34O2Si2/c1-3-31-33(27-17-9-5-10-18-27,28-19-11-6-12-20-28)25-26-34(32-4-2,29-21-13-7-14-22-29)30-23-15-8-16-24-30/h5-24H,3-4,25-26H2,1-2H3. The highest BCUT2D eigenvalue weighted by molar-refractivity contribution is 7.01. The van der Waals surface area contributed by atoms with Gasteiger partial charge in [-0.3, -0.25) is 0 Å². The molecule has 0 aliphatic rings. The summed E-state index contributed by atoms with van der Waals surface area (Å²) in [5.74, 6) is 0. The Kier molecular flexibility index (Phi) is 8.30. The second kappa shape index (κ2) is 11.6. The summed E-state index contributed by atoms with van der Waals surface area (Å²) in [4.78, 5) is 0. The van der Waals surface area contributed by atoms with Crippen molar-refractivity contribution in [2.75, 3.05) is 13.2 Å². The van der Waals surface area contributed by atoms with Gasteiger partial charge in [-0.1, -0.05) is 121 Å². The molecule has 0 aliphatic heterocycles. The summed E-state index contributed by atoms with van der Waals surface area (Å²) in [6, 6.07) is 45.4. The highest BCUT2D eigenvalue weighted by atomic mass is 28.4. The molecule has 0 bridgehead atoms. The number of hydrogen-bond donors (Lipinski definition) is 0. The Labute approximate surface area is 206 Å². The zero-order valence-electron chi connectivity index (χ0n) is 20.2. The monoisotopic (exact) mass is 482 g/mol. The predicted octanol–water partition coefficient (Wildman–Crippen LogP) is 4.58. The van der Waals surface area contributed by atoms with E-state index in [1.54, 1.807) is 0 Å². The van der Waals surface area contributed by atoms with E-state index >= 15 is 0 Å². The van der Waals surface area contributed by atoms with E-state index in [1.807, 2.05) is 0 Å². The van der Waals surface area contributed by atoms with Gasteiger partial charge < -0.3 is 8.85 Å². The zero-order valence-corrected chi connectivity index (χ0v) is 22.2. The molecule has 0 heterocycles. The van der Waals surface area contributed by atoms with Crippen molar-refractivity contribution < 1.29 is 8.85 Å². The van der Waals surface area contributed by atoms with Crippen molar-refractivity contribution in [1.29, 1.82) is 0 Å². The van der Waals surface area contributed by atoms with Gasteiger partial charge in [-0.2, -0.15) is 0 Å². The van der Waals surface area contributed by atoms with Gasteiger partial charge in [-0.25, -0.2) is 0 Å². The first-order valence-electron chi connectivity index (χ1n) is 12.2. The van der Waals surface area contributed by atoms with E-state index in [9.17, 15) is 0 Å². The van der Waals surface area contributed by atoms with Crippen molar-refractivity contribution in [1.82, 2.24) is 0 Å². The maximum Gasteiger partial charge on any atom is 0.255 e. The molecule has 0 spiro atoms. The van der Waals surface area contributed by atoms with Crippen LogP contribution in [0, 0.1) is 0 Å². The van der Waals surface area contributed by atoms with Crippen LogP contribution >= 0.6 is 0 Å². The molecular formula is C30H34O2Si2. The van der Waals surface area contributed by atoms with Gasteiger partial charge in [0.05, 0.1) is 0 Å². The molecule has 4 aromatic carbocycles. The molecule has 0 amide bonds. The van der Waals surface area contributed by atoms with E-state index in [1.165, 1.54) is 20.7 Å². The average molecular weight is 483 g/mol. The molecule has 0 saturated carbocycles. The van der Waals surface area contributed by atoms with Gasteiger partial charge in [-0.15, -0.1) is 0 Å². The maximum absolute atomic E-state index is 6.85. The van der Waals surface area contributed by atoms with Gasteiger partial charge in [-0.05, 0) is 46.7 Å². The maximum atomic E-state index is 6.85. The lowest BCUT2D eigenvalue weighted by atomic mass is 10.4. The molecule has 0 radical (unpaired) electrons. The molecule has 0 atom stereocenters. The first-order valence-corrected chi connectivity index (χ1v) is 16.5. The van der Waals surface area contributed by atoms with Crippen LogP contribution in [0.4, 0.5) is 0 Å². The third-order valence-corrected chi connectivity index (χ3v) is 15.6. The summed E-state index contributed by atoms with van der Waals surface area (Å²) in [6.07, 6.45) is 0. The van der Waals surface area contributed by atoms with Crippen LogP contribution in [0.1, 0.15) is 13.8 Å². The third-order valence-electron chi connectivity index (χ3n) is 6.57. The highest BCUT2D eigenvalue weighted by Crippen LogP contribution is 2.24. The zero-order chi connectivity index (χ0) is 23.7. The summed E-state index contributed by atoms with van der Waals surface area (Å²) in [5.41, 5.74) is 0. The first kappa shape index (κ1) is 24.4. The van der Waals surface area contributed by atoms with Crippen LogP contribution in [0.5, 0.6) is 0 Å². The lowest BCUT2D eigenvalue weighted by Crippen LogP contribution is -2.65. The van der Waals surface area contributed by atoms with Gasteiger partial charge in [0.25, 0.3) is 16.6 Å². The quantitative estimate of drug-likeness (QED) is 0.291. The molecule has 34 heavy (non-hydrogen) atoms. The van der Waals surface area contributed by atoms with Crippen molar-refractivity contribution in [2.45, 2.75) is 25.9 Å². The van der Waals surface area contributed by atoms with Crippen LogP contribution in [0.2, 0.25) is 12.1 Å². The third kappa shape index (κ3) is 5.01. The summed E-state index contributed by atoms with van der Waals surface area (Å²) >= 11 is 0. The summed E-state index contributed by atoms with van der Waals surface area (Å²) in [7, 11) is -5.00. The smallest absolute Gasteiger partial charge is 0.255 e. The van der Waals surface area contributed by atoms with Crippen LogP contribution < -0.4 is 20.7 Å². The van der Waals surface area contributed by atoms with Crippen LogP contribution in [0.15, 0.2) is 121 Å². The van der Waals surface area contributed by atoms with E-state index in [2.05, 4.69) is 135 Å².